The first kappa shape index (κ1) is 14.5. The lowest BCUT2D eigenvalue weighted by atomic mass is 9.69. The van der Waals surface area contributed by atoms with Crippen molar-refractivity contribution in [2.24, 2.45) is 5.41 Å². The molecule has 0 aromatic heterocycles. The van der Waals surface area contributed by atoms with E-state index in [1.807, 2.05) is 0 Å². The highest BCUT2D eigenvalue weighted by Gasteiger charge is 2.33. The van der Waals surface area contributed by atoms with Crippen molar-refractivity contribution in [1.82, 2.24) is 0 Å². The van der Waals surface area contributed by atoms with Gasteiger partial charge in [0.2, 0.25) is 0 Å². The van der Waals surface area contributed by atoms with Crippen LogP contribution in [0, 0.1) is 11.2 Å². The number of aliphatic hydroxyl groups is 1. The quantitative estimate of drug-likeness (QED) is 0.754. The van der Waals surface area contributed by atoms with Gasteiger partial charge in [0.15, 0.2) is 0 Å². The van der Waals surface area contributed by atoms with Crippen LogP contribution in [0.25, 0.3) is 0 Å². The summed E-state index contributed by atoms with van der Waals surface area (Å²) in [6.07, 6.45) is 2.53. The standard InChI is InChI=1S/C16H20ClFO/c1-10-5-4-8-16(2,3)14(10)15(19)11-6-7-13(18)12(17)9-11/h6-7,9,15,19H,4-5,8H2,1-3H3. The van der Waals surface area contributed by atoms with Crippen LogP contribution in [0.1, 0.15) is 51.7 Å². The topological polar surface area (TPSA) is 20.2 Å². The van der Waals surface area contributed by atoms with Crippen LogP contribution < -0.4 is 0 Å². The first-order valence-electron chi connectivity index (χ1n) is 6.66. The summed E-state index contributed by atoms with van der Waals surface area (Å²) < 4.78 is 13.2. The highest BCUT2D eigenvalue weighted by atomic mass is 35.5. The van der Waals surface area contributed by atoms with Crippen LogP contribution in [0.3, 0.4) is 0 Å². The van der Waals surface area contributed by atoms with Crippen LogP contribution in [-0.2, 0) is 0 Å². The van der Waals surface area contributed by atoms with Crippen molar-refractivity contribution < 1.29 is 9.50 Å². The summed E-state index contributed by atoms with van der Waals surface area (Å²) in [6.45, 7) is 6.38. The molecule has 1 aromatic carbocycles. The second kappa shape index (κ2) is 5.26. The normalized spacial score (nSPS) is 20.5. The lowest BCUT2D eigenvalue weighted by Gasteiger charge is -2.37. The molecule has 0 radical (unpaired) electrons. The minimum absolute atomic E-state index is 0.0252. The number of rotatable bonds is 2. The molecule has 1 aliphatic carbocycles. The number of allylic oxidation sites excluding steroid dienone is 1. The fourth-order valence-electron chi connectivity index (χ4n) is 3.10. The molecule has 0 amide bonds. The summed E-state index contributed by atoms with van der Waals surface area (Å²) >= 11 is 5.80. The Morgan fingerprint density at radius 3 is 2.63 bits per heavy atom. The summed E-state index contributed by atoms with van der Waals surface area (Å²) in [5, 5.41) is 10.7. The van der Waals surface area contributed by atoms with E-state index in [2.05, 4.69) is 20.8 Å². The minimum Gasteiger partial charge on any atom is -0.384 e. The zero-order valence-corrected chi connectivity index (χ0v) is 12.4. The van der Waals surface area contributed by atoms with E-state index in [0.29, 0.717) is 5.56 Å². The van der Waals surface area contributed by atoms with E-state index in [9.17, 15) is 9.50 Å². The maximum atomic E-state index is 13.2. The van der Waals surface area contributed by atoms with E-state index in [0.717, 1.165) is 24.8 Å². The molecule has 1 nitrogen and oxygen atoms in total. The molecule has 1 atom stereocenters. The molecule has 0 saturated heterocycles. The number of hydrogen-bond acceptors (Lipinski definition) is 1. The maximum Gasteiger partial charge on any atom is 0.141 e. The van der Waals surface area contributed by atoms with Gasteiger partial charge in [-0.05, 0) is 54.9 Å². The third kappa shape index (κ3) is 2.85. The smallest absolute Gasteiger partial charge is 0.141 e. The third-order valence-electron chi connectivity index (χ3n) is 4.08. The van der Waals surface area contributed by atoms with Gasteiger partial charge in [-0.1, -0.05) is 37.1 Å². The summed E-state index contributed by atoms with van der Waals surface area (Å²) in [5.41, 5.74) is 2.93. The Balaban J connectivity index is 2.42. The Bertz CT molecular complexity index is 519. The Morgan fingerprint density at radius 1 is 1.37 bits per heavy atom. The van der Waals surface area contributed by atoms with Crippen LogP contribution in [0.4, 0.5) is 4.39 Å². The molecule has 104 valence electrons. The van der Waals surface area contributed by atoms with E-state index >= 15 is 0 Å². The Kier molecular flexibility index (Phi) is 4.03. The van der Waals surface area contributed by atoms with Crippen molar-refractivity contribution in [3.63, 3.8) is 0 Å². The van der Waals surface area contributed by atoms with E-state index in [-0.39, 0.29) is 10.4 Å². The maximum absolute atomic E-state index is 13.2. The van der Waals surface area contributed by atoms with Gasteiger partial charge in [-0.15, -0.1) is 0 Å². The Hall–Kier alpha value is -0.860. The molecule has 0 bridgehead atoms. The van der Waals surface area contributed by atoms with Gasteiger partial charge in [-0.3, -0.25) is 0 Å². The number of aliphatic hydroxyl groups excluding tert-OH is 1. The lowest BCUT2D eigenvalue weighted by Crippen LogP contribution is -2.25. The molecular weight excluding hydrogens is 263 g/mol. The van der Waals surface area contributed by atoms with Crippen molar-refractivity contribution in [2.45, 2.75) is 46.1 Å². The van der Waals surface area contributed by atoms with E-state index in [1.165, 1.54) is 17.7 Å². The highest BCUT2D eigenvalue weighted by Crippen LogP contribution is 2.46. The Morgan fingerprint density at radius 2 is 2.05 bits per heavy atom. The van der Waals surface area contributed by atoms with E-state index in [1.54, 1.807) is 6.07 Å². The van der Waals surface area contributed by atoms with Gasteiger partial charge >= 0.3 is 0 Å². The molecule has 1 aromatic rings. The van der Waals surface area contributed by atoms with Gasteiger partial charge in [0.1, 0.15) is 11.9 Å². The summed E-state index contributed by atoms with van der Waals surface area (Å²) in [7, 11) is 0. The first-order chi connectivity index (χ1) is 8.83. The van der Waals surface area contributed by atoms with Crippen LogP contribution in [0.5, 0.6) is 0 Å². The van der Waals surface area contributed by atoms with Crippen LogP contribution in [0.2, 0.25) is 5.02 Å². The molecule has 0 heterocycles. The van der Waals surface area contributed by atoms with Crippen LogP contribution in [0.15, 0.2) is 29.3 Å². The van der Waals surface area contributed by atoms with Crippen LogP contribution >= 0.6 is 11.6 Å². The Labute approximate surface area is 119 Å². The zero-order chi connectivity index (χ0) is 14.2. The lowest BCUT2D eigenvalue weighted by molar-refractivity contribution is 0.171. The molecule has 0 fully saturated rings. The second-order valence-corrected chi connectivity index (χ2v) is 6.41. The van der Waals surface area contributed by atoms with Crippen molar-refractivity contribution in [1.29, 1.82) is 0 Å². The molecule has 0 spiro atoms. The monoisotopic (exact) mass is 282 g/mol. The number of hydrogen-bond donors (Lipinski definition) is 1. The number of halogens is 2. The third-order valence-corrected chi connectivity index (χ3v) is 4.36. The summed E-state index contributed by atoms with van der Waals surface area (Å²) in [5.74, 6) is -0.453. The summed E-state index contributed by atoms with van der Waals surface area (Å²) in [6, 6.07) is 4.44. The first-order valence-corrected chi connectivity index (χ1v) is 7.04. The van der Waals surface area contributed by atoms with Gasteiger partial charge < -0.3 is 5.11 Å². The fourth-order valence-corrected chi connectivity index (χ4v) is 3.28. The number of benzene rings is 1. The molecule has 19 heavy (non-hydrogen) atoms. The molecular formula is C16H20ClFO. The van der Waals surface area contributed by atoms with Gasteiger partial charge in [-0.25, -0.2) is 4.39 Å². The molecule has 1 N–H and O–H groups in total. The van der Waals surface area contributed by atoms with E-state index in [4.69, 9.17) is 11.6 Å². The molecule has 0 saturated carbocycles. The largest absolute Gasteiger partial charge is 0.384 e. The predicted octanol–water partition coefficient (Wildman–Crippen LogP) is 5.04. The SMILES string of the molecule is CC1=C(C(O)c2ccc(F)c(Cl)c2)C(C)(C)CCC1. The van der Waals surface area contributed by atoms with Crippen molar-refractivity contribution in [2.75, 3.05) is 0 Å². The fraction of sp³-hybridized carbons (Fsp3) is 0.500. The van der Waals surface area contributed by atoms with Gasteiger partial charge in [0.25, 0.3) is 0 Å². The second-order valence-electron chi connectivity index (χ2n) is 6.01. The predicted molar refractivity (Wildman–Crippen MR) is 76.7 cm³/mol. The van der Waals surface area contributed by atoms with Crippen molar-refractivity contribution >= 4 is 11.6 Å². The minimum atomic E-state index is -0.701. The van der Waals surface area contributed by atoms with Gasteiger partial charge in [-0.2, -0.15) is 0 Å². The highest BCUT2D eigenvalue weighted by molar-refractivity contribution is 6.30. The molecule has 1 aliphatic rings. The molecule has 0 aliphatic heterocycles. The molecule has 1 unspecified atom stereocenters. The van der Waals surface area contributed by atoms with Crippen molar-refractivity contribution in [3.8, 4) is 0 Å². The molecule has 3 heteroatoms. The van der Waals surface area contributed by atoms with Crippen LogP contribution in [-0.4, -0.2) is 5.11 Å². The van der Waals surface area contributed by atoms with Crippen molar-refractivity contribution in [3.05, 3.63) is 45.7 Å². The van der Waals surface area contributed by atoms with Gasteiger partial charge in [0, 0.05) is 0 Å². The average molecular weight is 283 g/mol. The summed E-state index contributed by atoms with van der Waals surface area (Å²) in [4.78, 5) is 0. The molecule has 2 rings (SSSR count). The van der Waals surface area contributed by atoms with E-state index < -0.39 is 11.9 Å². The zero-order valence-electron chi connectivity index (χ0n) is 11.6. The van der Waals surface area contributed by atoms with Gasteiger partial charge in [0.05, 0.1) is 5.02 Å². The average Bonchev–Trinajstić information content (AvgIpc) is 2.31.